The van der Waals surface area contributed by atoms with Gasteiger partial charge in [0.15, 0.2) is 0 Å². The van der Waals surface area contributed by atoms with Crippen LogP contribution in [0.4, 0.5) is 0 Å². The lowest BCUT2D eigenvalue weighted by atomic mass is 10.1. The van der Waals surface area contributed by atoms with E-state index in [1.54, 1.807) is 0 Å². The zero-order valence-corrected chi connectivity index (χ0v) is 9.51. The minimum atomic E-state index is 0.476. The van der Waals surface area contributed by atoms with Gasteiger partial charge in [0.2, 0.25) is 0 Å². The van der Waals surface area contributed by atoms with E-state index < -0.39 is 0 Å². The smallest absolute Gasteiger partial charge is 0.0551 e. The molecule has 1 aliphatic rings. The fourth-order valence-corrected chi connectivity index (χ4v) is 1.87. The van der Waals surface area contributed by atoms with Crippen LogP contribution in [0.15, 0.2) is 0 Å². The molecule has 0 amide bonds. The second kappa shape index (κ2) is 7.21. The average Bonchev–Trinajstić information content (AvgIpc) is 2.58. The highest BCUT2D eigenvalue weighted by Gasteiger charge is 2.20. The van der Waals surface area contributed by atoms with Crippen LogP contribution in [0, 0.1) is 5.92 Å². The lowest BCUT2D eigenvalue weighted by Crippen LogP contribution is -2.26. The summed E-state index contributed by atoms with van der Waals surface area (Å²) in [6.45, 7) is 9.70. The zero-order chi connectivity index (χ0) is 10.2. The summed E-state index contributed by atoms with van der Waals surface area (Å²) >= 11 is 0. The topological polar surface area (TPSA) is 33.3 Å². The van der Waals surface area contributed by atoms with Gasteiger partial charge < -0.3 is 15.4 Å². The molecule has 1 rings (SSSR count). The van der Waals surface area contributed by atoms with Gasteiger partial charge in [0.1, 0.15) is 0 Å². The second-order valence-electron chi connectivity index (χ2n) is 4.16. The summed E-state index contributed by atoms with van der Waals surface area (Å²) in [6, 6.07) is 0. The molecule has 2 unspecified atom stereocenters. The van der Waals surface area contributed by atoms with E-state index in [9.17, 15) is 0 Å². The number of hydrogen-bond donors (Lipinski definition) is 2. The van der Waals surface area contributed by atoms with Gasteiger partial charge in [-0.1, -0.05) is 6.92 Å². The van der Waals surface area contributed by atoms with Crippen LogP contribution >= 0.6 is 0 Å². The predicted octanol–water partition coefficient (Wildman–Crippen LogP) is 1.00. The molecule has 1 heterocycles. The summed E-state index contributed by atoms with van der Waals surface area (Å²) in [7, 11) is 0. The van der Waals surface area contributed by atoms with E-state index in [-0.39, 0.29) is 0 Å². The third kappa shape index (κ3) is 4.94. The highest BCUT2D eigenvalue weighted by Crippen LogP contribution is 2.17. The van der Waals surface area contributed by atoms with E-state index in [4.69, 9.17) is 4.74 Å². The first-order chi connectivity index (χ1) is 6.83. The predicted molar refractivity (Wildman–Crippen MR) is 59.6 cm³/mol. The Labute approximate surface area is 87.6 Å². The average molecular weight is 200 g/mol. The highest BCUT2D eigenvalue weighted by molar-refractivity contribution is 4.72. The Morgan fingerprint density at radius 1 is 1.29 bits per heavy atom. The molecule has 1 aliphatic heterocycles. The Balaban J connectivity index is 1.84. The summed E-state index contributed by atoms with van der Waals surface area (Å²) in [5.74, 6) is 0.740. The molecule has 84 valence electrons. The van der Waals surface area contributed by atoms with Gasteiger partial charge in [-0.15, -0.1) is 0 Å². The molecule has 0 saturated carbocycles. The van der Waals surface area contributed by atoms with Crippen LogP contribution in [-0.4, -0.2) is 38.9 Å². The molecule has 0 radical (unpaired) electrons. The van der Waals surface area contributed by atoms with E-state index in [1.807, 2.05) is 0 Å². The molecule has 14 heavy (non-hydrogen) atoms. The Bertz CT molecular complexity index is 141. The lowest BCUT2D eigenvalue weighted by Gasteiger charge is -2.09. The van der Waals surface area contributed by atoms with Crippen molar-refractivity contribution in [3.05, 3.63) is 0 Å². The van der Waals surface area contributed by atoms with Gasteiger partial charge in [-0.2, -0.15) is 0 Å². The van der Waals surface area contributed by atoms with Crippen molar-refractivity contribution in [3.63, 3.8) is 0 Å². The van der Waals surface area contributed by atoms with Crippen LogP contribution in [0.3, 0.4) is 0 Å². The molecule has 0 aromatic carbocycles. The van der Waals surface area contributed by atoms with Crippen molar-refractivity contribution in [2.45, 2.75) is 32.8 Å². The molecule has 1 fully saturated rings. The first-order valence-corrected chi connectivity index (χ1v) is 5.86. The van der Waals surface area contributed by atoms with Crippen molar-refractivity contribution in [3.8, 4) is 0 Å². The van der Waals surface area contributed by atoms with E-state index in [2.05, 4.69) is 24.5 Å². The maximum Gasteiger partial charge on any atom is 0.0551 e. The Morgan fingerprint density at radius 3 is 2.71 bits per heavy atom. The van der Waals surface area contributed by atoms with Gasteiger partial charge in [-0.05, 0) is 45.3 Å². The summed E-state index contributed by atoms with van der Waals surface area (Å²) in [6.07, 6.45) is 2.92. The van der Waals surface area contributed by atoms with Crippen molar-refractivity contribution in [1.29, 1.82) is 0 Å². The van der Waals surface area contributed by atoms with Crippen LogP contribution in [0.2, 0.25) is 0 Å². The van der Waals surface area contributed by atoms with Crippen LogP contribution in [0.5, 0.6) is 0 Å². The van der Waals surface area contributed by atoms with E-state index in [0.29, 0.717) is 6.10 Å². The zero-order valence-electron chi connectivity index (χ0n) is 9.51. The minimum absolute atomic E-state index is 0.476. The molecular formula is C11H24N2O. The lowest BCUT2D eigenvalue weighted by molar-refractivity contribution is 0.120. The first kappa shape index (κ1) is 12.0. The summed E-state index contributed by atoms with van der Waals surface area (Å²) in [5.41, 5.74) is 0. The molecule has 2 N–H and O–H groups in total. The van der Waals surface area contributed by atoms with Gasteiger partial charge in [0, 0.05) is 6.54 Å². The number of rotatable bonds is 7. The monoisotopic (exact) mass is 200 g/mol. The molecule has 3 heteroatoms. The normalized spacial score (nSPS) is 27.0. The van der Waals surface area contributed by atoms with Crippen molar-refractivity contribution in [1.82, 2.24) is 10.6 Å². The van der Waals surface area contributed by atoms with Crippen molar-refractivity contribution >= 4 is 0 Å². The van der Waals surface area contributed by atoms with Gasteiger partial charge in [-0.25, -0.2) is 0 Å². The fourth-order valence-electron chi connectivity index (χ4n) is 1.87. The van der Waals surface area contributed by atoms with Gasteiger partial charge in [0.25, 0.3) is 0 Å². The van der Waals surface area contributed by atoms with Gasteiger partial charge in [0.05, 0.1) is 12.7 Å². The summed E-state index contributed by atoms with van der Waals surface area (Å²) < 4.78 is 5.51. The molecule has 1 saturated heterocycles. The molecule has 0 aromatic heterocycles. The molecule has 0 spiro atoms. The Hall–Kier alpha value is -0.120. The van der Waals surface area contributed by atoms with E-state index >= 15 is 0 Å². The number of nitrogens with one attached hydrogen (secondary N) is 2. The van der Waals surface area contributed by atoms with Gasteiger partial charge in [-0.3, -0.25) is 0 Å². The van der Waals surface area contributed by atoms with Crippen LogP contribution in [-0.2, 0) is 4.74 Å². The first-order valence-electron chi connectivity index (χ1n) is 5.86. The molecule has 2 atom stereocenters. The fraction of sp³-hybridized carbons (Fsp3) is 1.00. The summed E-state index contributed by atoms with van der Waals surface area (Å²) in [4.78, 5) is 0. The van der Waals surface area contributed by atoms with Gasteiger partial charge >= 0.3 is 0 Å². The molecule has 3 nitrogen and oxygen atoms in total. The second-order valence-corrected chi connectivity index (χ2v) is 4.16. The van der Waals surface area contributed by atoms with Crippen LogP contribution in [0.25, 0.3) is 0 Å². The molecular weight excluding hydrogens is 176 g/mol. The maximum absolute atomic E-state index is 5.51. The van der Waals surface area contributed by atoms with E-state index in [1.165, 1.54) is 12.8 Å². The Morgan fingerprint density at radius 2 is 2.07 bits per heavy atom. The number of ether oxygens (including phenoxy) is 1. The largest absolute Gasteiger partial charge is 0.378 e. The third-order valence-corrected chi connectivity index (χ3v) is 2.67. The van der Waals surface area contributed by atoms with Crippen LogP contribution < -0.4 is 10.6 Å². The standard InChI is InChI=1S/C11H24N2O/c1-3-12-5-4-6-13-8-11-7-10(2)14-9-11/h10-13H,3-9H2,1-2H3. The third-order valence-electron chi connectivity index (χ3n) is 2.67. The highest BCUT2D eigenvalue weighted by atomic mass is 16.5. The van der Waals surface area contributed by atoms with Crippen molar-refractivity contribution < 1.29 is 4.74 Å². The molecule has 0 bridgehead atoms. The number of hydrogen-bond acceptors (Lipinski definition) is 3. The summed E-state index contributed by atoms with van der Waals surface area (Å²) in [5, 5.41) is 6.81. The SMILES string of the molecule is CCNCCCNCC1COC(C)C1. The Kier molecular flexibility index (Phi) is 6.15. The molecule has 0 aliphatic carbocycles. The van der Waals surface area contributed by atoms with Crippen molar-refractivity contribution in [2.24, 2.45) is 5.92 Å². The minimum Gasteiger partial charge on any atom is -0.378 e. The van der Waals surface area contributed by atoms with Crippen molar-refractivity contribution in [2.75, 3.05) is 32.8 Å². The van der Waals surface area contributed by atoms with E-state index in [0.717, 1.165) is 38.7 Å². The maximum atomic E-state index is 5.51. The quantitative estimate of drug-likeness (QED) is 0.602. The van der Waals surface area contributed by atoms with Crippen LogP contribution in [0.1, 0.15) is 26.7 Å². The molecule has 0 aromatic rings.